The highest BCUT2D eigenvalue weighted by Gasteiger charge is 2.46. The van der Waals surface area contributed by atoms with Crippen LogP contribution in [0.4, 0.5) is 5.69 Å². The van der Waals surface area contributed by atoms with E-state index in [-0.39, 0.29) is 11.8 Å². The molecule has 1 aromatic heterocycles. The number of hydrogen-bond donors (Lipinski definition) is 0. The molecule has 2 aromatic rings. The first-order valence-electron chi connectivity index (χ1n) is 7.41. The van der Waals surface area contributed by atoms with Gasteiger partial charge in [-0.05, 0) is 18.2 Å². The summed E-state index contributed by atoms with van der Waals surface area (Å²) < 4.78 is 5.11. The SMILES string of the molecule is O=C1[C@@H]2CN(Cc3ccoc3)C[C@@H]2CN1c1ccccc1. The van der Waals surface area contributed by atoms with Crippen molar-refractivity contribution in [3.8, 4) is 0 Å². The number of furan rings is 1. The first-order chi connectivity index (χ1) is 10.3. The number of rotatable bonds is 3. The molecule has 2 saturated heterocycles. The number of amides is 1. The third-order valence-corrected chi connectivity index (χ3v) is 4.57. The zero-order chi connectivity index (χ0) is 14.2. The van der Waals surface area contributed by atoms with E-state index in [9.17, 15) is 4.79 Å². The van der Waals surface area contributed by atoms with Crippen LogP contribution in [0.2, 0.25) is 0 Å². The summed E-state index contributed by atoms with van der Waals surface area (Å²) in [6.45, 7) is 3.57. The maximum atomic E-state index is 12.6. The summed E-state index contributed by atoms with van der Waals surface area (Å²) in [4.78, 5) is 16.9. The van der Waals surface area contributed by atoms with E-state index in [2.05, 4.69) is 4.90 Å². The van der Waals surface area contributed by atoms with Crippen LogP contribution >= 0.6 is 0 Å². The van der Waals surface area contributed by atoms with E-state index in [1.54, 1.807) is 12.5 Å². The highest BCUT2D eigenvalue weighted by Crippen LogP contribution is 2.35. The summed E-state index contributed by atoms with van der Waals surface area (Å²) in [7, 11) is 0. The van der Waals surface area contributed by atoms with Crippen LogP contribution in [0.5, 0.6) is 0 Å². The highest BCUT2D eigenvalue weighted by molar-refractivity contribution is 5.98. The maximum absolute atomic E-state index is 12.6. The molecule has 3 heterocycles. The zero-order valence-electron chi connectivity index (χ0n) is 11.8. The second kappa shape index (κ2) is 5.04. The first-order valence-corrected chi connectivity index (χ1v) is 7.41. The Labute approximate surface area is 124 Å². The van der Waals surface area contributed by atoms with Crippen molar-refractivity contribution in [3.05, 3.63) is 54.5 Å². The molecular weight excluding hydrogens is 264 g/mol. The second-order valence-corrected chi connectivity index (χ2v) is 5.98. The molecule has 2 atom stereocenters. The van der Waals surface area contributed by atoms with Gasteiger partial charge in [0.2, 0.25) is 5.91 Å². The predicted octanol–water partition coefficient (Wildman–Crippen LogP) is 2.37. The molecule has 0 unspecified atom stereocenters. The largest absolute Gasteiger partial charge is 0.472 e. The monoisotopic (exact) mass is 282 g/mol. The summed E-state index contributed by atoms with van der Waals surface area (Å²) in [6.07, 6.45) is 3.49. The molecule has 0 N–H and O–H groups in total. The fraction of sp³-hybridized carbons (Fsp3) is 0.353. The van der Waals surface area contributed by atoms with Gasteiger partial charge < -0.3 is 9.32 Å². The van der Waals surface area contributed by atoms with Crippen molar-refractivity contribution in [2.24, 2.45) is 11.8 Å². The fourth-order valence-electron chi connectivity index (χ4n) is 3.56. The third kappa shape index (κ3) is 2.25. The van der Waals surface area contributed by atoms with Gasteiger partial charge in [0.15, 0.2) is 0 Å². The molecule has 0 aliphatic carbocycles. The number of carbonyl (C=O) groups is 1. The van der Waals surface area contributed by atoms with Gasteiger partial charge in [0.05, 0.1) is 18.4 Å². The molecule has 21 heavy (non-hydrogen) atoms. The lowest BCUT2D eigenvalue weighted by atomic mass is 10.0. The quantitative estimate of drug-likeness (QED) is 0.867. The maximum Gasteiger partial charge on any atom is 0.231 e. The molecule has 1 aromatic carbocycles. The highest BCUT2D eigenvalue weighted by atomic mass is 16.3. The molecular formula is C17H18N2O2. The normalized spacial score (nSPS) is 25.5. The van der Waals surface area contributed by atoms with Crippen molar-refractivity contribution < 1.29 is 9.21 Å². The van der Waals surface area contributed by atoms with Gasteiger partial charge in [0, 0.05) is 43.3 Å². The van der Waals surface area contributed by atoms with Gasteiger partial charge in [-0.2, -0.15) is 0 Å². The lowest BCUT2D eigenvalue weighted by molar-refractivity contribution is -0.120. The van der Waals surface area contributed by atoms with Crippen molar-refractivity contribution in [2.45, 2.75) is 6.54 Å². The molecule has 4 rings (SSSR count). The van der Waals surface area contributed by atoms with Crippen LogP contribution in [0, 0.1) is 11.8 Å². The van der Waals surface area contributed by atoms with Crippen LogP contribution in [0.15, 0.2) is 53.3 Å². The number of hydrogen-bond acceptors (Lipinski definition) is 3. The Kier molecular flexibility index (Phi) is 3.04. The average Bonchev–Trinajstić information content (AvgIpc) is 3.20. The van der Waals surface area contributed by atoms with Crippen molar-refractivity contribution in [2.75, 3.05) is 24.5 Å². The zero-order valence-corrected chi connectivity index (χ0v) is 11.8. The Bertz CT molecular complexity index is 624. The summed E-state index contributed by atoms with van der Waals surface area (Å²) in [6, 6.07) is 12.0. The van der Waals surface area contributed by atoms with E-state index in [4.69, 9.17) is 4.42 Å². The van der Waals surface area contributed by atoms with Crippen molar-refractivity contribution in [1.29, 1.82) is 0 Å². The molecule has 2 aliphatic heterocycles. The van der Waals surface area contributed by atoms with E-state index < -0.39 is 0 Å². The Balaban J connectivity index is 1.45. The number of anilines is 1. The number of fused-ring (bicyclic) bond motifs is 1. The number of benzene rings is 1. The smallest absolute Gasteiger partial charge is 0.231 e. The van der Waals surface area contributed by atoms with Crippen LogP contribution in [0.3, 0.4) is 0 Å². The number of nitrogens with zero attached hydrogens (tertiary/aromatic N) is 2. The van der Waals surface area contributed by atoms with Crippen molar-refractivity contribution >= 4 is 11.6 Å². The number of likely N-dealkylation sites (tertiary alicyclic amines) is 1. The van der Waals surface area contributed by atoms with Gasteiger partial charge in [-0.1, -0.05) is 18.2 Å². The molecule has 0 spiro atoms. The molecule has 1 amide bonds. The standard InChI is InChI=1S/C17H18N2O2/c20-17-16-11-18(8-13-6-7-21-12-13)9-14(16)10-19(17)15-4-2-1-3-5-15/h1-7,12,14,16H,8-11H2/t14-,16-/m1/s1. The van der Waals surface area contributed by atoms with Gasteiger partial charge in [-0.15, -0.1) is 0 Å². The van der Waals surface area contributed by atoms with Crippen LogP contribution in [0.1, 0.15) is 5.56 Å². The van der Waals surface area contributed by atoms with Crippen molar-refractivity contribution in [1.82, 2.24) is 4.90 Å². The summed E-state index contributed by atoms with van der Waals surface area (Å²) in [5, 5.41) is 0. The minimum absolute atomic E-state index is 0.150. The summed E-state index contributed by atoms with van der Waals surface area (Å²) in [5.41, 5.74) is 2.21. The molecule has 0 bridgehead atoms. The molecule has 2 aliphatic rings. The average molecular weight is 282 g/mol. The lowest BCUT2D eigenvalue weighted by Crippen LogP contribution is -2.32. The minimum atomic E-state index is 0.150. The molecule has 2 fully saturated rings. The Hall–Kier alpha value is -2.07. The third-order valence-electron chi connectivity index (χ3n) is 4.57. The lowest BCUT2D eigenvalue weighted by Gasteiger charge is -2.21. The molecule has 4 heteroatoms. The summed E-state index contributed by atoms with van der Waals surface area (Å²) >= 11 is 0. The van der Waals surface area contributed by atoms with Gasteiger partial charge in [-0.25, -0.2) is 0 Å². The van der Waals surface area contributed by atoms with E-state index in [0.717, 1.165) is 31.9 Å². The van der Waals surface area contributed by atoms with Crippen LogP contribution in [0.25, 0.3) is 0 Å². The van der Waals surface area contributed by atoms with Gasteiger partial charge in [0.1, 0.15) is 0 Å². The Morgan fingerprint density at radius 1 is 1.10 bits per heavy atom. The van der Waals surface area contributed by atoms with Crippen LogP contribution in [-0.4, -0.2) is 30.4 Å². The molecule has 4 nitrogen and oxygen atoms in total. The fourth-order valence-corrected chi connectivity index (χ4v) is 3.56. The Morgan fingerprint density at radius 2 is 1.95 bits per heavy atom. The van der Waals surface area contributed by atoms with E-state index >= 15 is 0 Å². The van der Waals surface area contributed by atoms with E-state index in [1.807, 2.05) is 41.3 Å². The van der Waals surface area contributed by atoms with E-state index in [1.165, 1.54) is 5.56 Å². The summed E-state index contributed by atoms with van der Waals surface area (Å²) in [5.74, 6) is 0.877. The van der Waals surface area contributed by atoms with E-state index in [0.29, 0.717) is 5.92 Å². The van der Waals surface area contributed by atoms with Gasteiger partial charge in [0.25, 0.3) is 0 Å². The van der Waals surface area contributed by atoms with Gasteiger partial charge >= 0.3 is 0 Å². The van der Waals surface area contributed by atoms with Crippen LogP contribution < -0.4 is 4.90 Å². The second-order valence-electron chi connectivity index (χ2n) is 5.98. The van der Waals surface area contributed by atoms with Crippen molar-refractivity contribution in [3.63, 3.8) is 0 Å². The number of para-hydroxylation sites is 1. The molecule has 0 saturated carbocycles. The number of carbonyl (C=O) groups excluding carboxylic acids is 1. The minimum Gasteiger partial charge on any atom is -0.472 e. The predicted molar refractivity (Wildman–Crippen MR) is 79.8 cm³/mol. The molecule has 108 valence electrons. The topological polar surface area (TPSA) is 36.7 Å². The van der Waals surface area contributed by atoms with Gasteiger partial charge in [-0.3, -0.25) is 9.69 Å². The Morgan fingerprint density at radius 3 is 2.67 bits per heavy atom. The molecule has 0 radical (unpaired) electrons. The first kappa shape index (κ1) is 12.7. The van der Waals surface area contributed by atoms with Crippen LogP contribution in [-0.2, 0) is 11.3 Å².